The van der Waals surface area contributed by atoms with Gasteiger partial charge in [0.05, 0.1) is 0 Å². The van der Waals surface area contributed by atoms with E-state index in [1.165, 1.54) is 25.7 Å². The molecular weight excluding hydrogens is 260 g/mol. The summed E-state index contributed by atoms with van der Waals surface area (Å²) in [7, 11) is 0. The van der Waals surface area contributed by atoms with Crippen LogP contribution in [0.1, 0.15) is 71.6 Å². The molecule has 0 amide bonds. The lowest BCUT2D eigenvalue weighted by molar-refractivity contribution is -0.154. The zero-order valence-electron chi connectivity index (χ0n) is 13.5. The fourth-order valence-corrected chi connectivity index (χ4v) is 6.75. The van der Waals surface area contributed by atoms with Crippen LogP contribution in [0.5, 0.6) is 0 Å². The van der Waals surface area contributed by atoms with E-state index in [0.717, 1.165) is 38.0 Å². The molecule has 4 saturated carbocycles. The minimum atomic E-state index is -0.00511. The van der Waals surface area contributed by atoms with Gasteiger partial charge in [0.2, 0.25) is 0 Å². The first kappa shape index (κ1) is 14.0. The van der Waals surface area contributed by atoms with Crippen molar-refractivity contribution in [3.05, 3.63) is 0 Å². The van der Waals surface area contributed by atoms with Crippen molar-refractivity contribution in [2.45, 2.75) is 71.6 Å². The molecule has 0 aromatic heterocycles. The lowest BCUT2D eigenvalue weighted by Gasteiger charge is -2.59. The summed E-state index contributed by atoms with van der Waals surface area (Å²) >= 11 is 0. The summed E-state index contributed by atoms with van der Waals surface area (Å²) in [5, 5.41) is 0. The Hall–Kier alpha value is -0.660. The van der Waals surface area contributed by atoms with Gasteiger partial charge in [-0.1, -0.05) is 20.3 Å². The molecule has 2 heteroatoms. The van der Waals surface area contributed by atoms with Crippen molar-refractivity contribution in [2.24, 2.45) is 34.5 Å². The number of fused-ring (bicyclic) bond motifs is 5. The predicted molar refractivity (Wildman–Crippen MR) is 81.7 cm³/mol. The largest absolute Gasteiger partial charge is 0.300 e. The molecule has 0 radical (unpaired) electrons. The topological polar surface area (TPSA) is 34.1 Å². The Morgan fingerprint density at radius 2 is 1.76 bits per heavy atom. The quantitative estimate of drug-likeness (QED) is 0.670. The molecule has 0 N–H and O–H groups in total. The molecule has 0 aliphatic heterocycles. The monoisotopic (exact) mass is 288 g/mol. The van der Waals surface area contributed by atoms with Gasteiger partial charge in [-0.05, 0) is 61.2 Å². The second kappa shape index (κ2) is 4.43. The molecule has 0 unspecified atom stereocenters. The van der Waals surface area contributed by atoms with E-state index >= 15 is 0 Å². The first-order chi connectivity index (χ1) is 9.95. The van der Waals surface area contributed by atoms with E-state index in [1.807, 2.05) is 0 Å². The Balaban J connectivity index is 1.69. The fraction of sp³-hybridized carbons (Fsp3) is 0.895. The van der Waals surface area contributed by atoms with Crippen LogP contribution in [0.3, 0.4) is 0 Å². The van der Waals surface area contributed by atoms with Gasteiger partial charge >= 0.3 is 0 Å². The number of ketones is 2. The van der Waals surface area contributed by atoms with Crippen molar-refractivity contribution in [1.29, 1.82) is 0 Å². The molecule has 4 rings (SSSR count). The molecule has 4 fully saturated rings. The van der Waals surface area contributed by atoms with Crippen LogP contribution in [-0.2, 0) is 9.59 Å². The molecule has 6 atom stereocenters. The molecule has 0 heterocycles. The van der Waals surface area contributed by atoms with Crippen LogP contribution in [0, 0.1) is 34.5 Å². The van der Waals surface area contributed by atoms with Crippen LogP contribution in [0.15, 0.2) is 0 Å². The van der Waals surface area contributed by atoms with E-state index in [0.29, 0.717) is 29.3 Å². The van der Waals surface area contributed by atoms with Crippen LogP contribution >= 0.6 is 0 Å². The third-order valence-corrected chi connectivity index (χ3v) is 8.15. The van der Waals surface area contributed by atoms with Crippen LogP contribution in [0.25, 0.3) is 0 Å². The van der Waals surface area contributed by atoms with Crippen LogP contribution < -0.4 is 0 Å². The second-order valence-corrected chi connectivity index (χ2v) is 8.84. The third kappa shape index (κ3) is 1.77. The molecule has 0 bridgehead atoms. The van der Waals surface area contributed by atoms with E-state index in [1.54, 1.807) is 0 Å². The van der Waals surface area contributed by atoms with E-state index in [2.05, 4.69) is 13.8 Å². The number of Topliss-reactive ketones (excluding diaryl/α,β-unsaturated/α-hetero) is 2. The first-order valence-electron chi connectivity index (χ1n) is 9.00. The Labute approximate surface area is 128 Å². The number of carbonyl (C=O) groups excluding carboxylic acids is 2. The van der Waals surface area contributed by atoms with E-state index in [9.17, 15) is 9.59 Å². The minimum Gasteiger partial charge on any atom is -0.300 e. The summed E-state index contributed by atoms with van der Waals surface area (Å²) in [5.41, 5.74) is 0.255. The van der Waals surface area contributed by atoms with Crippen molar-refractivity contribution in [1.82, 2.24) is 0 Å². The van der Waals surface area contributed by atoms with Crippen molar-refractivity contribution in [2.75, 3.05) is 0 Å². The third-order valence-electron chi connectivity index (χ3n) is 8.15. The molecule has 116 valence electrons. The van der Waals surface area contributed by atoms with Gasteiger partial charge in [0.15, 0.2) is 0 Å². The number of rotatable bonds is 0. The number of carbonyl (C=O) groups is 2. The van der Waals surface area contributed by atoms with Gasteiger partial charge in [0.25, 0.3) is 0 Å². The van der Waals surface area contributed by atoms with Gasteiger partial charge in [0.1, 0.15) is 11.6 Å². The van der Waals surface area contributed by atoms with E-state index in [-0.39, 0.29) is 10.8 Å². The molecule has 4 aliphatic rings. The van der Waals surface area contributed by atoms with E-state index < -0.39 is 0 Å². The standard InChI is InChI=1S/C19H28O2/c1-18-9-7-13(20)10-12(18)5-6-14-15-4-3-8-19(15,2)17(21)11-16(14)18/h12,14-16H,3-11H2,1-2H3/t12-,14-,15-,16-,18-,19+/m0/s1. The van der Waals surface area contributed by atoms with Crippen molar-refractivity contribution < 1.29 is 9.59 Å². The molecule has 0 aromatic carbocycles. The highest BCUT2D eigenvalue weighted by atomic mass is 16.1. The fourth-order valence-electron chi connectivity index (χ4n) is 6.75. The summed E-state index contributed by atoms with van der Waals surface area (Å²) in [5.74, 6) is 3.52. The maximum atomic E-state index is 12.9. The maximum Gasteiger partial charge on any atom is 0.139 e. The SMILES string of the molecule is C[C@]12CCC(=O)C[C@@H]1CC[C@@H]1[C@@H]2CC(=O)[C@]2(C)CCC[C@@H]12. The number of hydrogen-bond acceptors (Lipinski definition) is 2. The van der Waals surface area contributed by atoms with Crippen LogP contribution in [-0.4, -0.2) is 11.6 Å². The Bertz CT molecular complexity index is 496. The molecule has 21 heavy (non-hydrogen) atoms. The molecule has 4 aliphatic carbocycles. The summed E-state index contributed by atoms with van der Waals surface area (Å²) in [6.07, 6.45) is 9.52. The summed E-state index contributed by atoms with van der Waals surface area (Å²) in [4.78, 5) is 24.7. The molecule has 0 saturated heterocycles. The van der Waals surface area contributed by atoms with Crippen molar-refractivity contribution >= 4 is 11.6 Å². The lowest BCUT2D eigenvalue weighted by Crippen LogP contribution is -2.55. The normalized spacial score (nSPS) is 53.0. The van der Waals surface area contributed by atoms with Crippen LogP contribution in [0.4, 0.5) is 0 Å². The average Bonchev–Trinajstić information content (AvgIpc) is 2.85. The van der Waals surface area contributed by atoms with Gasteiger partial charge in [-0.25, -0.2) is 0 Å². The van der Waals surface area contributed by atoms with Gasteiger partial charge < -0.3 is 0 Å². The molecular formula is C19H28O2. The van der Waals surface area contributed by atoms with Crippen LogP contribution in [0.2, 0.25) is 0 Å². The highest BCUT2D eigenvalue weighted by Crippen LogP contribution is 2.64. The van der Waals surface area contributed by atoms with Gasteiger partial charge in [0, 0.05) is 24.7 Å². The van der Waals surface area contributed by atoms with Gasteiger partial charge in [-0.3, -0.25) is 9.59 Å². The minimum absolute atomic E-state index is 0.00511. The van der Waals surface area contributed by atoms with E-state index in [4.69, 9.17) is 0 Å². The predicted octanol–water partition coefficient (Wildman–Crippen LogP) is 4.17. The Morgan fingerprint density at radius 1 is 0.952 bits per heavy atom. The Morgan fingerprint density at radius 3 is 2.57 bits per heavy atom. The smallest absolute Gasteiger partial charge is 0.139 e. The second-order valence-electron chi connectivity index (χ2n) is 8.84. The summed E-state index contributed by atoms with van der Waals surface area (Å²) < 4.78 is 0. The lowest BCUT2D eigenvalue weighted by atomic mass is 9.45. The molecule has 2 nitrogen and oxygen atoms in total. The van der Waals surface area contributed by atoms with Crippen molar-refractivity contribution in [3.63, 3.8) is 0 Å². The molecule has 0 aromatic rings. The maximum absolute atomic E-state index is 12.9. The zero-order valence-corrected chi connectivity index (χ0v) is 13.5. The average molecular weight is 288 g/mol. The Kier molecular flexibility index (Phi) is 2.94. The summed E-state index contributed by atoms with van der Waals surface area (Å²) in [6, 6.07) is 0. The summed E-state index contributed by atoms with van der Waals surface area (Å²) in [6.45, 7) is 4.66. The van der Waals surface area contributed by atoms with Gasteiger partial charge in [-0.15, -0.1) is 0 Å². The van der Waals surface area contributed by atoms with Gasteiger partial charge in [-0.2, -0.15) is 0 Å². The first-order valence-corrected chi connectivity index (χ1v) is 9.00. The highest BCUT2D eigenvalue weighted by molar-refractivity contribution is 5.86. The zero-order chi connectivity index (χ0) is 14.8. The highest BCUT2D eigenvalue weighted by Gasteiger charge is 2.60. The number of hydrogen-bond donors (Lipinski definition) is 0. The molecule has 0 spiro atoms. The van der Waals surface area contributed by atoms with Crippen molar-refractivity contribution in [3.8, 4) is 0 Å².